The topological polar surface area (TPSA) is 70.8 Å². The van der Waals surface area contributed by atoms with Gasteiger partial charge >= 0.3 is 5.97 Å². The Morgan fingerprint density at radius 1 is 1.16 bits per heavy atom. The van der Waals surface area contributed by atoms with E-state index >= 15 is 0 Å². The Hall–Kier alpha value is -1.75. The van der Waals surface area contributed by atoms with Gasteiger partial charge < -0.3 is 19.9 Å². The number of benzene rings is 1. The zero-order valence-electron chi connectivity index (χ0n) is 12.2. The van der Waals surface area contributed by atoms with Gasteiger partial charge in [0.25, 0.3) is 0 Å². The summed E-state index contributed by atoms with van der Waals surface area (Å²) in [6.07, 6.45) is 0.131. The lowest BCUT2D eigenvalue weighted by Gasteiger charge is -2.13. The van der Waals surface area contributed by atoms with Crippen molar-refractivity contribution in [2.24, 2.45) is 5.73 Å². The van der Waals surface area contributed by atoms with E-state index in [2.05, 4.69) is 4.74 Å². The minimum atomic E-state index is -0.415. The summed E-state index contributed by atoms with van der Waals surface area (Å²) >= 11 is 0. The Balaban J connectivity index is 0.00000154. The van der Waals surface area contributed by atoms with Gasteiger partial charge in [-0.05, 0) is 17.7 Å². The molecule has 0 heterocycles. The van der Waals surface area contributed by atoms with Crippen LogP contribution in [0, 0.1) is 0 Å². The molecule has 0 saturated carbocycles. The number of hydrogen-bond donors (Lipinski definition) is 1. The molecule has 0 spiro atoms. The van der Waals surface area contributed by atoms with Gasteiger partial charge in [0.1, 0.15) is 0 Å². The van der Waals surface area contributed by atoms with Gasteiger partial charge in [-0.15, -0.1) is 0 Å². The summed E-state index contributed by atoms with van der Waals surface area (Å²) in [5, 5.41) is 0. The quantitative estimate of drug-likeness (QED) is 0.830. The van der Waals surface area contributed by atoms with Crippen molar-refractivity contribution < 1.29 is 19.0 Å². The van der Waals surface area contributed by atoms with E-state index in [0.717, 1.165) is 5.56 Å². The number of nitrogens with two attached hydrogens (primary N) is 1. The Morgan fingerprint density at radius 2 is 1.74 bits per heavy atom. The summed E-state index contributed by atoms with van der Waals surface area (Å²) in [7, 11) is 4.45. The second-order valence-corrected chi connectivity index (χ2v) is 3.50. The maximum Gasteiger partial charge on any atom is 0.307 e. The van der Waals surface area contributed by atoms with Crippen LogP contribution in [0.4, 0.5) is 0 Å². The minimum absolute atomic E-state index is 0.131. The van der Waals surface area contributed by atoms with Crippen molar-refractivity contribution in [3.05, 3.63) is 23.8 Å². The van der Waals surface area contributed by atoms with Crippen LogP contribution in [0.15, 0.2) is 18.2 Å². The van der Waals surface area contributed by atoms with E-state index in [1.165, 1.54) is 7.11 Å². The lowest BCUT2D eigenvalue weighted by Crippen LogP contribution is -2.16. The first-order valence-electron chi connectivity index (χ1n) is 6.16. The van der Waals surface area contributed by atoms with Gasteiger partial charge in [0.15, 0.2) is 11.5 Å². The number of carbonyl (C=O) groups excluding carboxylic acids is 1. The van der Waals surface area contributed by atoms with Crippen LogP contribution in [-0.4, -0.2) is 27.3 Å². The zero-order valence-corrected chi connectivity index (χ0v) is 12.2. The summed E-state index contributed by atoms with van der Waals surface area (Å²) in [5.41, 5.74) is 6.69. The molecule has 1 aromatic rings. The molecule has 5 nitrogen and oxygen atoms in total. The largest absolute Gasteiger partial charge is 0.493 e. The SMILES string of the molecule is CC.COC(=O)CC(N)c1ccc(OC)c(OC)c1. The highest BCUT2D eigenvalue weighted by molar-refractivity contribution is 5.70. The lowest BCUT2D eigenvalue weighted by molar-refractivity contribution is -0.141. The van der Waals surface area contributed by atoms with Crippen molar-refractivity contribution in [2.75, 3.05) is 21.3 Å². The molecule has 1 aromatic carbocycles. The summed E-state index contributed by atoms with van der Waals surface area (Å²) in [6, 6.07) is 4.90. The van der Waals surface area contributed by atoms with Crippen LogP contribution in [-0.2, 0) is 9.53 Å². The van der Waals surface area contributed by atoms with Gasteiger partial charge in [-0.1, -0.05) is 19.9 Å². The van der Waals surface area contributed by atoms with Crippen LogP contribution in [0.25, 0.3) is 0 Å². The molecule has 0 aliphatic carbocycles. The van der Waals surface area contributed by atoms with Crippen molar-refractivity contribution in [3.63, 3.8) is 0 Å². The first kappa shape index (κ1) is 17.2. The molecule has 1 rings (SSSR count). The molecular weight excluding hydrogens is 246 g/mol. The van der Waals surface area contributed by atoms with Gasteiger partial charge in [-0.2, -0.15) is 0 Å². The second kappa shape index (κ2) is 9.22. The monoisotopic (exact) mass is 269 g/mol. The summed E-state index contributed by atoms with van der Waals surface area (Å²) in [4.78, 5) is 11.1. The molecule has 1 atom stereocenters. The molecule has 0 aliphatic heterocycles. The smallest absolute Gasteiger partial charge is 0.307 e. The highest BCUT2D eigenvalue weighted by Crippen LogP contribution is 2.30. The fraction of sp³-hybridized carbons (Fsp3) is 0.500. The number of hydrogen-bond acceptors (Lipinski definition) is 5. The third-order valence-corrected chi connectivity index (χ3v) is 2.45. The van der Waals surface area contributed by atoms with E-state index in [1.54, 1.807) is 32.4 Å². The molecule has 0 aliphatic rings. The number of methoxy groups -OCH3 is 3. The fourth-order valence-electron chi connectivity index (χ4n) is 1.46. The van der Waals surface area contributed by atoms with Gasteiger partial charge in [0.2, 0.25) is 0 Å². The van der Waals surface area contributed by atoms with Crippen LogP contribution < -0.4 is 15.2 Å². The predicted octanol–water partition coefficient (Wildman–Crippen LogP) is 2.29. The molecule has 108 valence electrons. The van der Waals surface area contributed by atoms with E-state index in [9.17, 15) is 4.79 Å². The lowest BCUT2D eigenvalue weighted by atomic mass is 10.0. The van der Waals surface area contributed by atoms with Crippen molar-refractivity contribution in [3.8, 4) is 11.5 Å². The van der Waals surface area contributed by atoms with E-state index < -0.39 is 6.04 Å². The standard InChI is InChI=1S/C12H17NO4.C2H6/c1-15-10-5-4-8(6-11(10)16-2)9(13)7-12(14)17-3;1-2/h4-6,9H,7,13H2,1-3H3;1-2H3. The van der Waals surface area contributed by atoms with Crippen LogP contribution in [0.3, 0.4) is 0 Å². The highest BCUT2D eigenvalue weighted by atomic mass is 16.5. The molecule has 0 bridgehead atoms. The number of carbonyl (C=O) groups is 1. The summed E-state index contributed by atoms with van der Waals surface area (Å²) < 4.78 is 14.8. The van der Waals surface area contributed by atoms with Gasteiger partial charge in [0, 0.05) is 6.04 Å². The minimum Gasteiger partial charge on any atom is -0.493 e. The first-order chi connectivity index (χ1) is 9.12. The van der Waals surface area contributed by atoms with Crippen LogP contribution in [0.5, 0.6) is 11.5 Å². The molecule has 5 heteroatoms. The van der Waals surface area contributed by atoms with Crippen LogP contribution >= 0.6 is 0 Å². The normalized spacial score (nSPS) is 10.8. The predicted molar refractivity (Wildman–Crippen MR) is 74.5 cm³/mol. The van der Waals surface area contributed by atoms with Gasteiger partial charge in [0.05, 0.1) is 27.8 Å². The van der Waals surface area contributed by atoms with Crippen LogP contribution in [0.2, 0.25) is 0 Å². The van der Waals surface area contributed by atoms with Crippen molar-refractivity contribution in [2.45, 2.75) is 26.3 Å². The Bertz CT molecular complexity index is 393. The number of ether oxygens (including phenoxy) is 3. The molecule has 1 unspecified atom stereocenters. The van der Waals surface area contributed by atoms with Crippen molar-refractivity contribution in [1.29, 1.82) is 0 Å². The Labute approximate surface area is 114 Å². The third kappa shape index (κ3) is 5.18. The van der Waals surface area contributed by atoms with Gasteiger partial charge in [-0.3, -0.25) is 4.79 Å². The maximum absolute atomic E-state index is 11.1. The average Bonchev–Trinajstić information content (AvgIpc) is 2.48. The second-order valence-electron chi connectivity index (χ2n) is 3.50. The molecule has 0 fully saturated rings. The molecular formula is C14H23NO4. The van der Waals surface area contributed by atoms with E-state index in [-0.39, 0.29) is 12.4 Å². The summed E-state index contributed by atoms with van der Waals surface area (Å²) in [6.45, 7) is 4.00. The molecule has 19 heavy (non-hydrogen) atoms. The Morgan fingerprint density at radius 3 is 2.21 bits per heavy atom. The summed E-state index contributed by atoms with van der Waals surface area (Å²) in [5.74, 6) is 0.874. The number of esters is 1. The maximum atomic E-state index is 11.1. The van der Waals surface area contributed by atoms with Crippen LogP contribution in [0.1, 0.15) is 31.9 Å². The molecule has 0 saturated heterocycles. The van der Waals surface area contributed by atoms with Crippen molar-refractivity contribution in [1.82, 2.24) is 0 Å². The zero-order chi connectivity index (χ0) is 14.8. The molecule has 0 amide bonds. The van der Waals surface area contributed by atoms with E-state index in [0.29, 0.717) is 11.5 Å². The van der Waals surface area contributed by atoms with E-state index in [4.69, 9.17) is 15.2 Å². The van der Waals surface area contributed by atoms with Gasteiger partial charge in [-0.25, -0.2) is 0 Å². The third-order valence-electron chi connectivity index (χ3n) is 2.45. The molecule has 2 N–H and O–H groups in total. The first-order valence-corrected chi connectivity index (χ1v) is 6.16. The van der Waals surface area contributed by atoms with E-state index in [1.807, 2.05) is 13.8 Å². The Kier molecular flexibility index (Phi) is 8.37. The average molecular weight is 269 g/mol. The number of rotatable bonds is 5. The molecule has 0 aromatic heterocycles. The van der Waals surface area contributed by atoms with Crippen molar-refractivity contribution >= 4 is 5.97 Å². The molecule has 0 radical (unpaired) electrons. The highest BCUT2D eigenvalue weighted by Gasteiger charge is 2.14. The fourth-order valence-corrected chi connectivity index (χ4v) is 1.46.